The molecule has 2 aromatic rings. The third kappa shape index (κ3) is 2.53. The standard InChI is InChI=1S/C22H19N3O5/c26-20(24-14-1-2-15-17(9-14)29-12-28-15)18-16-3-6-22(30-16)11-25(21(27)19(18)22)10-13-4-7-23-8-5-13/h1-9,16,18-19H,10-12H2,(H,24,26)/t16-,18+,19+,22+/m1/s1. The average Bonchev–Trinajstić information content (AvgIpc) is 3.50. The molecule has 0 radical (unpaired) electrons. The average molecular weight is 405 g/mol. The van der Waals surface area contributed by atoms with Crippen LogP contribution in [0.15, 0.2) is 54.9 Å². The molecule has 1 N–H and O–H groups in total. The van der Waals surface area contributed by atoms with Crippen molar-refractivity contribution in [2.75, 3.05) is 18.7 Å². The maximum Gasteiger partial charge on any atom is 0.231 e. The number of rotatable bonds is 4. The lowest BCUT2D eigenvalue weighted by Gasteiger charge is -2.23. The first kappa shape index (κ1) is 17.5. The summed E-state index contributed by atoms with van der Waals surface area (Å²) in [5.41, 5.74) is 0.866. The molecule has 152 valence electrons. The van der Waals surface area contributed by atoms with Gasteiger partial charge in [-0.25, -0.2) is 0 Å². The van der Waals surface area contributed by atoms with E-state index in [9.17, 15) is 9.59 Å². The Morgan fingerprint density at radius 3 is 2.90 bits per heavy atom. The van der Waals surface area contributed by atoms with Crippen LogP contribution in [0.3, 0.4) is 0 Å². The molecule has 4 aliphatic rings. The Morgan fingerprint density at radius 1 is 1.20 bits per heavy atom. The normalized spacial score (nSPS) is 30.1. The molecule has 2 amide bonds. The van der Waals surface area contributed by atoms with Gasteiger partial charge in [0.1, 0.15) is 5.60 Å². The number of likely N-dealkylation sites (tertiary alicyclic amines) is 1. The van der Waals surface area contributed by atoms with Crippen molar-refractivity contribution in [3.63, 3.8) is 0 Å². The summed E-state index contributed by atoms with van der Waals surface area (Å²) < 4.78 is 16.9. The van der Waals surface area contributed by atoms with Crippen molar-refractivity contribution in [3.05, 3.63) is 60.4 Å². The number of benzene rings is 1. The quantitative estimate of drug-likeness (QED) is 0.780. The summed E-state index contributed by atoms with van der Waals surface area (Å²) in [6.07, 6.45) is 6.88. The molecule has 2 bridgehead atoms. The molecule has 2 saturated heterocycles. The number of nitrogens with zero attached hydrogens (tertiary/aromatic N) is 2. The van der Waals surface area contributed by atoms with E-state index in [1.165, 1.54) is 0 Å². The second kappa shape index (κ2) is 6.30. The molecule has 1 aromatic heterocycles. The van der Waals surface area contributed by atoms with Gasteiger partial charge in [0.05, 0.1) is 24.5 Å². The van der Waals surface area contributed by atoms with Gasteiger partial charge in [0.15, 0.2) is 11.5 Å². The molecule has 2 fully saturated rings. The fourth-order valence-corrected chi connectivity index (χ4v) is 4.92. The van der Waals surface area contributed by atoms with E-state index in [-0.39, 0.29) is 18.6 Å². The lowest BCUT2D eigenvalue weighted by molar-refractivity contribution is -0.136. The zero-order valence-corrected chi connectivity index (χ0v) is 16.0. The largest absolute Gasteiger partial charge is 0.454 e. The van der Waals surface area contributed by atoms with Crippen LogP contribution < -0.4 is 14.8 Å². The van der Waals surface area contributed by atoms with Crippen LogP contribution in [0.25, 0.3) is 0 Å². The van der Waals surface area contributed by atoms with Crippen LogP contribution in [-0.2, 0) is 20.9 Å². The molecule has 8 heteroatoms. The molecule has 1 aromatic carbocycles. The Hall–Kier alpha value is -3.39. The van der Waals surface area contributed by atoms with E-state index in [0.717, 1.165) is 5.56 Å². The fourth-order valence-electron chi connectivity index (χ4n) is 4.92. The lowest BCUT2D eigenvalue weighted by atomic mass is 9.77. The second-order valence-corrected chi connectivity index (χ2v) is 8.01. The van der Waals surface area contributed by atoms with Crippen molar-refractivity contribution in [1.82, 2.24) is 9.88 Å². The highest BCUT2D eigenvalue weighted by Crippen LogP contribution is 2.52. The van der Waals surface area contributed by atoms with E-state index in [0.29, 0.717) is 30.3 Å². The number of nitrogens with one attached hydrogen (secondary N) is 1. The number of hydrogen-bond donors (Lipinski definition) is 1. The van der Waals surface area contributed by atoms with Gasteiger partial charge in [0.2, 0.25) is 18.6 Å². The summed E-state index contributed by atoms with van der Waals surface area (Å²) in [5.74, 6) is -0.137. The van der Waals surface area contributed by atoms with Gasteiger partial charge in [-0.3, -0.25) is 14.6 Å². The molecular weight excluding hydrogens is 386 g/mol. The van der Waals surface area contributed by atoms with Crippen molar-refractivity contribution >= 4 is 17.5 Å². The number of carbonyl (C=O) groups is 2. The molecule has 0 unspecified atom stereocenters. The Labute approximate surface area is 172 Å². The smallest absolute Gasteiger partial charge is 0.231 e. The first-order valence-corrected chi connectivity index (χ1v) is 9.88. The first-order chi connectivity index (χ1) is 14.6. The van der Waals surface area contributed by atoms with Crippen molar-refractivity contribution in [1.29, 1.82) is 0 Å². The number of pyridine rings is 1. The number of amides is 2. The second-order valence-electron chi connectivity index (χ2n) is 8.01. The monoisotopic (exact) mass is 405 g/mol. The third-order valence-electron chi connectivity index (χ3n) is 6.24. The zero-order valence-electron chi connectivity index (χ0n) is 16.0. The number of aromatic nitrogens is 1. The van der Waals surface area contributed by atoms with Crippen LogP contribution in [0.4, 0.5) is 5.69 Å². The summed E-state index contributed by atoms with van der Waals surface area (Å²) in [4.78, 5) is 32.2. The Morgan fingerprint density at radius 2 is 2.03 bits per heavy atom. The molecule has 4 aliphatic heterocycles. The molecule has 8 nitrogen and oxygen atoms in total. The van der Waals surface area contributed by atoms with Gasteiger partial charge in [-0.15, -0.1) is 0 Å². The Kier molecular flexibility index (Phi) is 3.67. The van der Waals surface area contributed by atoms with E-state index >= 15 is 0 Å². The number of carbonyl (C=O) groups excluding carboxylic acids is 2. The van der Waals surface area contributed by atoms with Gasteiger partial charge in [0.25, 0.3) is 0 Å². The molecule has 0 saturated carbocycles. The van der Waals surface area contributed by atoms with Crippen LogP contribution in [-0.4, -0.2) is 46.7 Å². The van der Waals surface area contributed by atoms with E-state index in [1.54, 1.807) is 35.5 Å². The molecular formula is C22H19N3O5. The van der Waals surface area contributed by atoms with Crippen LogP contribution in [0.1, 0.15) is 5.56 Å². The van der Waals surface area contributed by atoms with E-state index in [4.69, 9.17) is 14.2 Å². The minimum absolute atomic E-state index is 0.0514. The number of anilines is 1. The lowest BCUT2D eigenvalue weighted by Crippen LogP contribution is -2.41. The van der Waals surface area contributed by atoms with Crippen LogP contribution in [0.5, 0.6) is 11.5 Å². The predicted octanol–water partition coefficient (Wildman–Crippen LogP) is 1.73. The maximum absolute atomic E-state index is 13.3. The van der Waals surface area contributed by atoms with Crippen molar-refractivity contribution < 1.29 is 23.8 Å². The van der Waals surface area contributed by atoms with Gasteiger partial charge < -0.3 is 24.4 Å². The van der Waals surface area contributed by atoms with Gasteiger partial charge in [-0.05, 0) is 29.8 Å². The molecule has 30 heavy (non-hydrogen) atoms. The molecule has 6 rings (SSSR count). The highest BCUT2D eigenvalue weighted by atomic mass is 16.7. The van der Waals surface area contributed by atoms with Gasteiger partial charge >= 0.3 is 0 Å². The fraction of sp³-hybridized carbons (Fsp3) is 0.318. The Bertz CT molecular complexity index is 1070. The van der Waals surface area contributed by atoms with E-state index < -0.39 is 23.5 Å². The summed E-state index contributed by atoms with van der Waals surface area (Å²) >= 11 is 0. The van der Waals surface area contributed by atoms with E-state index in [2.05, 4.69) is 10.3 Å². The number of fused-ring (bicyclic) bond motifs is 2. The summed E-state index contributed by atoms with van der Waals surface area (Å²) in [6, 6.07) is 9.02. The highest BCUT2D eigenvalue weighted by Gasteiger charge is 2.66. The molecule has 0 aliphatic carbocycles. The zero-order chi connectivity index (χ0) is 20.3. The highest BCUT2D eigenvalue weighted by molar-refractivity contribution is 5.99. The van der Waals surface area contributed by atoms with Crippen LogP contribution in [0.2, 0.25) is 0 Å². The third-order valence-corrected chi connectivity index (χ3v) is 6.24. The Balaban J connectivity index is 1.24. The van der Waals surface area contributed by atoms with Crippen molar-refractivity contribution in [3.8, 4) is 11.5 Å². The van der Waals surface area contributed by atoms with Crippen molar-refractivity contribution in [2.45, 2.75) is 18.2 Å². The summed E-state index contributed by atoms with van der Waals surface area (Å²) in [7, 11) is 0. The minimum Gasteiger partial charge on any atom is -0.454 e. The van der Waals surface area contributed by atoms with Crippen LogP contribution in [0, 0.1) is 11.8 Å². The van der Waals surface area contributed by atoms with Gasteiger partial charge in [-0.2, -0.15) is 0 Å². The summed E-state index contributed by atoms with van der Waals surface area (Å²) in [5, 5.41) is 2.93. The first-order valence-electron chi connectivity index (χ1n) is 9.88. The minimum atomic E-state index is -0.730. The molecule has 4 atom stereocenters. The topological polar surface area (TPSA) is 90.0 Å². The number of ether oxygens (including phenoxy) is 3. The van der Waals surface area contributed by atoms with E-state index in [1.807, 2.05) is 24.3 Å². The summed E-state index contributed by atoms with van der Waals surface area (Å²) in [6.45, 7) is 1.08. The maximum atomic E-state index is 13.3. The van der Waals surface area contributed by atoms with Crippen molar-refractivity contribution in [2.24, 2.45) is 11.8 Å². The van der Waals surface area contributed by atoms with Gasteiger partial charge in [0, 0.05) is 30.7 Å². The SMILES string of the molecule is O=C(Nc1ccc2c(c1)OCO2)[C@@H]1[C@H]2C(=O)N(Cc3ccncc3)C[C@@]23C=C[C@H]1O3. The molecule has 5 heterocycles. The number of hydrogen-bond acceptors (Lipinski definition) is 6. The predicted molar refractivity (Wildman–Crippen MR) is 105 cm³/mol. The van der Waals surface area contributed by atoms with Crippen LogP contribution >= 0.6 is 0 Å². The van der Waals surface area contributed by atoms with Gasteiger partial charge in [-0.1, -0.05) is 12.2 Å². The molecule has 1 spiro atoms.